The average molecular weight is 346 g/mol. The third-order valence-electron chi connectivity index (χ3n) is 4.58. The van der Waals surface area contributed by atoms with E-state index >= 15 is 0 Å². The van der Waals surface area contributed by atoms with Crippen LogP contribution in [0.25, 0.3) is 0 Å². The number of rotatable bonds is 7. The van der Waals surface area contributed by atoms with Crippen LogP contribution in [0, 0.1) is 5.92 Å². The van der Waals surface area contributed by atoms with E-state index in [2.05, 4.69) is 5.32 Å². The van der Waals surface area contributed by atoms with E-state index in [1.807, 2.05) is 37.3 Å². The average Bonchev–Trinajstić information content (AvgIpc) is 2.62. The Kier molecular flexibility index (Phi) is 6.98. The van der Waals surface area contributed by atoms with Crippen molar-refractivity contribution in [2.75, 3.05) is 13.1 Å². The van der Waals surface area contributed by atoms with E-state index in [4.69, 9.17) is 0 Å². The Morgan fingerprint density at radius 2 is 1.84 bits per heavy atom. The molecule has 1 heterocycles. The van der Waals surface area contributed by atoms with Crippen molar-refractivity contribution in [1.29, 1.82) is 0 Å². The molecule has 1 aromatic carbocycles. The number of carboxylic acid groups (broad SMARTS) is 1. The van der Waals surface area contributed by atoms with E-state index in [9.17, 15) is 19.5 Å². The van der Waals surface area contributed by atoms with Gasteiger partial charge in [-0.2, -0.15) is 0 Å². The number of carboxylic acids is 1. The zero-order chi connectivity index (χ0) is 18.2. The van der Waals surface area contributed by atoms with Gasteiger partial charge in [-0.1, -0.05) is 37.3 Å². The molecule has 6 heteroatoms. The normalized spacial score (nSPS) is 16.3. The van der Waals surface area contributed by atoms with E-state index < -0.39 is 12.0 Å². The molecule has 6 nitrogen and oxygen atoms in total. The van der Waals surface area contributed by atoms with Crippen LogP contribution in [-0.4, -0.2) is 46.9 Å². The van der Waals surface area contributed by atoms with Crippen molar-refractivity contribution in [3.63, 3.8) is 0 Å². The summed E-state index contributed by atoms with van der Waals surface area (Å²) >= 11 is 0. The number of nitrogens with zero attached hydrogens (tertiary/aromatic N) is 1. The fourth-order valence-electron chi connectivity index (χ4n) is 3.10. The molecule has 136 valence electrons. The molecule has 0 aliphatic carbocycles. The van der Waals surface area contributed by atoms with E-state index in [0.29, 0.717) is 32.4 Å². The first-order valence-corrected chi connectivity index (χ1v) is 8.86. The molecule has 1 fully saturated rings. The Hall–Kier alpha value is -2.37. The second-order valence-corrected chi connectivity index (χ2v) is 6.49. The first-order valence-electron chi connectivity index (χ1n) is 8.86. The summed E-state index contributed by atoms with van der Waals surface area (Å²) in [6.45, 7) is 3.09. The number of carbonyl (C=O) groups excluding carboxylic acids is 2. The molecule has 0 aromatic heterocycles. The van der Waals surface area contributed by atoms with Crippen LogP contribution >= 0.6 is 0 Å². The van der Waals surface area contributed by atoms with Gasteiger partial charge < -0.3 is 15.3 Å². The molecule has 0 radical (unpaired) electrons. The summed E-state index contributed by atoms with van der Waals surface area (Å²) in [4.78, 5) is 37.6. The number of benzene rings is 1. The number of amides is 2. The van der Waals surface area contributed by atoms with Crippen molar-refractivity contribution in [1.82, 2.24) is 10.2 Å². The molecule has 2 N–H and O–H groups in total. The molecule has 1 aliphatic heterocycles. The van der Waals surface area contributed by atoms with Gasteiger partial charge in [-0.15, -0.1) is 0 Å². The molecule has 0 spiro atoms. The van der Waals surface area contributed by atoms with Crippen molar-refractivity contribution in [2.24, 2.45) is 5.92 Å². The van der Waals surface area contributed by atoms with Crippen molar-refractivity contribution >= 4 is 17.8 Å². The summed E-state index contributed by atoms with van der Waals surface area (Å²) in [6, 6.07) is 8.32. The minimum absolute atomic E-state index is 0.133. The topological polar surface area (TPSA) is 86.7 Å². The van der Waals surface area contributed by atoms with Gasteiger partial charge in [-0.05, 0) is 24.8 Å². The van der Waals surface area contributed by atoms with Gasteiger partial charge in [0.15, 0.2) is 0 Å². The largest absolute Gasteiger partial charge is 0.480 e. The summed E-state index contributed by atoms with van der Waals surface area (Å²) in [6.07, 6.45) is 2.78. The van der Waals surface area contributed by atoms with Crippen LogP contribution < -0.4 is 5.32 Å². The van der Waals surface area contributed by atoms with Gasteiger partial charge in [0, 0.05) is 31.8 Å². The maximum atomic E-state index is 12.4. The molecule has 0 saturated carbocycles. The van der Waals surface area contributed by atoms with Crippen LogP contribution in [0.2, 0.25) is 0 Å². The van der Waals surface area contributed by atoms with Gasteiger partial charge in [0.25, 0.3) is 0 Å². The maximum Gasteiger partial charge on any atom is 0.326 e. The molecule has 2 rings (SSSR count). The van der Waals surface area contributed by atoms with Crippen molar-refractivity contribution < 1.29 is 19.5 Å². The Morgan fingerprint density at radius 1 is 1.20 bits per heavy atom. The Labute approximate surface area is 148 Å². The highest BCUT2D eigenvalue weighted by atomic mass is 16.4. The molecule has 1 aromatic rings. The number of piperidine rings is 1. The molecule has 1 atom stereocenters. The predicted octanol–water partition coefficient (Wildman–Crippen LogP) is 1.84. The SMILES string of the molecule is CCCC(=O)N1CCC(C(=O)N[C@@H](Cc2ccccc2)C(=O)O)CC1. The molecule has 1 aliphatic rings. The Morgan fingerprint density at radius 3 is 2.40 bits per heavy atom. The monoisotopic (exact) mass is 346 g/mol. The molecule has 0 unspecified atom stereocenters. The fourth-order valence-corrected chi connectivity index (χ4v) is 3.10. The summed E-state index contributed by atoms with van der Waals surface area (Å²) in [7, 11) is 0. The van der Waals surface area contributed by atoms with Crippen LogP contribution in [0.3, 0.4) is 0 Å². The highest BCUT2D eigenvalue weighted by molar-refractivity contribution is 5.85. The Bertz CT molecular complexity index is 595. The van der Waals surface area contributed by atoms with Gasteiger partial charge in [0.1, 0.15) is 6.04 Å². The minimum atomic E-state index is -1.03. The van der Waals surface area contributed by atoms with Crippen molar-refractivity contribution in [2.45, 2.75) is 45.1 Å². The smallest absolute Gasteiger partial charge is 0.326 e. The van der Waals surface area contributed by atoms with Crippen LogP contribution in [0.4, 0.5) is 0 Å². The van der Waals surface area contributed by atoms with Gasteiger partial charge in [0.05, 0.1) is 0 Å². The summed E-state index contributed by atoms with van der Waals surface area (Å²) in [5.74, 6) is -1.36. The number of hydrogen-bond acceptors (Lipinski definition) is 3. The second-order valence-electron chi connectivity index (χ2n) is 6.49. The van der Waals surface area contributed by atoms with Gasteiger partial charge >= 0.3 is 5.97 Å². The number of carbonyl (C=O) groups is 3. The second kappa shape index (κ2) is 9.20. The van der Waals surface area contributed by atoms with E-state index in [1.54, 1.807) is 4.90 Å². The first-order chi connectivity index (χ1) is 12.0. The number of hydrogen-bond donors (Lipinski definition) is 2. The van der Waals surface area contributed by atoms with Gasteiger partial charge in [-0.25, -0.2) is 4.79 Å². The van der Waals surface area contributed by atoms with Crippen LogP contribution in [0.15, 0.2) is 30.3 Å². The van der Waals surface area contributed by atoms with Crippen LogP contribution in [0.1, 0.15) is 38.2 Å². The lowest BCUT2D eigenvalue weighted by Gasteiger charge is -2.32. The van der Waals surface area contributed by atoms with Crippen LogP contribution in [-0.2, 0) is 20.8 Å². The van der Waals surface area contributed by atoms with Crippen LogP contribution in [0.5, 0.6) is 0 Å². The number of aliphatic carboxylic acids is 1. The summed E-state index contributed by atoms with van der Waals surface area (Å²) in [5, 5.41) is 12.1. The molecule has 1 saturated heterocycles. The van der Waals surface area contributed by atoms with Gasteiger partial charge in [-0.3, -0.25) is 9.59 Å². The molecule has 0 bridgehead atoms. The third-order valence-corrected chi connectivity index (χ3v) is 4.58. The number of nitrogens with one attached hydrogen (secondary N) is 1. The van der Waals surface area contributed by atoms with Crippen molar-refractivity contribution in [3.8, 4) is 0 Å². The zero-order valence-electron chi connectivity index (χ0n) is 14.6. The standard InChI is InChI=1S/C19H26N2O4/c1-2-6-17(22)21-11-9-15(10-12-21)18(23)20-16(19(24)25)13-14-7-4-3-5-8-14/h3-5,7-8,15-16H,2,6,9-13H2,1H3,(H,20,23)(H,24,25)/t16-/m0/s1. The van der Waals surface area contributed by atoms with Gasteiger partial charge in [0.2, 0.25) is 11.8 Å². The maximum absolute atomic E-state index is 12.4. The summed E-state index contributed by atoms with van der Waals surface area (Å²) < 4.78 is 0. The van der Waals surface area contributed by atoms with E-state index in [-0.39, 0.29) is 24.2 Å². The lowest BCUT2D eigenvalue weighted by molar-refractivity contribution is -0.143. The zero-order valence-corrected chi connectivity index (χ0v) is 14.6. The molecule has 25 heavy (non-hydrogen) atoms. The minimum Gasteiger partial charge on any atom is -0.480 e. The molecular formula is C19H26N2O4. The van der Waals surface area contributed by atoms with E-state index in [0.717, 1.165) is 12.0 Å². The molecular weight excluding hydrogens is 320 g/mol. The summed E-state index contributed by atoms with van der Waals surface area (Å²) in [5.41, 5.74) is 0.871. The van der Waals surface area contributed by atoms with Crippen molar-refractivity contribution in [3.05, 3.63) is 35.9 Å². The highest BCUT2D eigenvalue weighted by Gasteiger charge is 2.29. The Balaban J connectivity index is 1.87. The first kappa shape index (κ1) is 19.0. The fraction of sp³-hybridized carbons (Fsp3) is 0.526. The highest BCUT2D eigenvalue weighted by Crippen LogP contribution is 2.19. The lowest BCUT2D eigenvalue weighted by Crippen LogP contribution is -2.48. The van der Waals surface area contributed by atoms with E-state index in [1.165, 1.54) is 0 Å². The third kappa shape index (κ3) is 5.59. The number of likely N-dealkylation sites (tertiary alicyclic amines) is 1. The predicted molar refractivity (Wildman–Crippen MR) is 93.9 cm³/mol. The quantitative estimate of drug-likeness (QED) is 0.789. The lowest BCUT2D eigenvalue weighted by atomic mass is 9.94. The molecule has 2 amide bonds.